The standard InChI is InChI=1S/C50H29N5/c51-30-32-23-24-41-40-15-1-5-17-43(40)54(49(41)27-32)37-26-33(31-52)25-35(29-37)34-11-9-12-36(28-34)53-46-20-8-4-16-42(46)50-47(53)21-10-22-48(50)55-44-18-6-2-13-38(44)39-14-3-7-19-45(39)55/h1-29H. The van der Waals surface area contributed by atoms with Crippen molar-refractivity contribution in [1.29, 1.82) is 10.5 Å². The van der Waals surface area contributed by atoms with E-state index >= 15 is 0 Å². The van der Waals surface area contributed by atoms with E-state index in [1.54, 1.807) is 0 Å². The molecule has 0 bridgehead atoms. The van der Waals surface area contributed by atoms with Crippen LogP contribution in [-0.2, 0) is 0 Å². The van der Waals surface area contributed by atoms with Gasteiger partial charge in [-0.15, -0.1) is 0 Å². The molecule has 0 atom stereocenters. The number of rotatable bonds is 4. The Morgan fingerprint density at radius 3 is 1.53 bits per heavy atom. The fourth-order valence-corrected chi connectivity index (χ4v) is 8.76. The van der Waals surface area contributed by atoms with Crippen molar-refractivity contribution in [3.63, 3.8) is 0 Å². The van der Waals surface area contributed by atoms with Gasteiger partial charge in [-0.25, -0.2) is 0 Å². The Morgan fingerprint density at radius 2 is 0.855 bits per heavy atom. The van der Waals surface area contributed by atoms with Crippen LogP contribution in [-0.4, -0.2) is 13.7 Å². The van der Waals surface area contributed by atoms with Crippen molar-refractivity contribution in [2.45, 2.75) is 0 Å². The molecular weight excluding hydrogens is 671 g/mol. The second-order valence-electron chi connectivity index (χ2n) is 14.0. The van der Waals surface area contributed by atoms with Gasteiger partial charge >= 0.3 is 0 Å². The van der Waals surface area contributed by atoms with Crippen molar-refractivity contribution in [1.82, 2.24) is 13.7 Å². The van der Waals surface area contributed by atoms with Crippen LogP contribution in [0.4, 0.5) is 0 Å². The second-order valence-corrected chi connectivity index (χ2v) is 14.0. The third-order valence-electron chi connectivity index (χ3n) is 11.0. The highest BCUT2D eigenvalue weighted by atomic mass is 15.0. The lowest BCUT2D eigenvalue weighted by Crippen LogP contribution is -1.98. The summed E-state index contributed by atoms with van der Waals surface area (Å²) in [6.07, 6.45) is 0. The molecule has 0 aliphatic heterocycles. The van der Waals surface area contributed by atoms with Gasteiger partial charge < -0.3 is 13.7 Å². The van der Waals surface area contributed by atoms with E-state index in [9.17, 15) is 10.5 Å². The maximum absolute atomic E-state index is 10.3. The smallest absolute Gasteiger partial charge is 0.0992 e. The Hall–Kier alpha value is -7.86. The first-order chi connectivity index (χ1) is 27.2. The highest BCUT2D eigenvalue weighted by molar-refractivity contribution is 6.16. The molecule has 11 aromatic rings. The van der Waals surface area contributed by atoms with Crippen molar-refractivity contribution < 1.29 is 0 Å². The topological polar surface area (TPSA) is 62.4 Å². The molecular formula is C50H29N5. The Balaban J connectivity index is 1.13. The van der Waals surface area contributed by atoms with Crippen molar-refractivity contribution in [2.75, 3.05) is 0 Å². The average Bonchev–Trinajstić information content (AvgIpc) is 3.89. The van der Waals surface area contributed by atoms with Gasteiger partial charge in [0.05, 0.1) is 62.1 Å². The maximum atomic E-state index is 10.3. The zero-order chi connectivity index (χ0) is 36.6. The molecule has 0 saturated carbocycles. The lowest BCUT2D eigenvalue weighted by molar-refractivity contribution is 1.17. The number of benzene rings is 8. The van der Waals surface area contributed by atoms with E-state index in [-0.39, 0.29) is 0 Å². The fraction of sp³-hybridized carbons (Fsp3) is 0. The van der Waals surface area contributed by atoms with Gasteiger partial charge in [-0.1, -0.05) is 97.1 Å². The molecule has 0 saturated heterocycles. The fourth-order valence-electron chi connectivity index (χ4n) is 8.76. The highest BCUT2D eigenvalue weighted by Crippen LogP contribution is 2.41. The van der Waals surface area contributed by atoms with Crippen LogP contribution in [0.3, 0.4) is 0 Å². The normalized spacial score (nSPS) is 11.6. The van der Waals surface area contributed by atoms with Gasteiger partial charge in [0.25, 0.3) is 0 Å². The molecule has 0 spiro atoms. The molecule has 0 amide bonds. The predicted molar refractivity (Wildman–Crippen MR) is 224 cm³/mol. The minimum Gasteiger partial charge on any atom is -0.309 e. The van der Waals surface area contributed by atoms with E-state index in [2.05, 4.69) is 159 Å². The molecule has 8 aromatic carbocycles. The van der Waals surface area contributed by atoms with Crippen molar-refractivity contribution >= 4 is 65.4 Å². The molecule has 11 rings (SSSR count). The minimum absolute atomic E-state index is 0.563. The monoisotopic (exact) mass is 699 g/mol. The summed E-state index contributed by atoms with van der Waals surface area (Å²) in [6, 6.07) is 66.0. The molecule has 5 heteroatoms. The molecule has 254 valence electrons. The first kappa shape index (κ1) is 30.7. The van der Waals surface area contributed by atoms with E-state index in [1.807, 2.05) is 42.5 Å². The van der Waals surface area contributed by atoms with Gasteiger partial charge in [-0.05, 0) is 90.0 Å². The van der Waals surface area contributed by atoms with Crippen LogP contribution in [0, 0.1) is 22.7 Å². The van der Waals surface area contributed by atoms with Gasteiger partial charge in [0.1, 0.15) is 0 Å². The summed E-state index contributed by atoms with van der Waals surface area (Å²) in [4.78, 5) is 0. The quantitative estimate of drug-likeness (QED) is 0.184. The highest BCUT2D eigenvalue weighted by Gasteiger charge is 2.20. The number of nitrogens with zero attached hydrogens (tertiary/aromatic N) is 5. The summed E-state index contributed by atoms with van der Waals surface area (Å²) in [7, 11) is 0. The first-order valence-corrected chi connectivity index (χ1v) is 18.3. The lowest BCUT2D eigenvalue weighted by atomic mass is 10.0. The molecule has 0 unspecified atom stereocenters. The molecule has 0 fully saturated rings. The van der Waals surface area contributed by atoms with E-state index in [1.165, 1.54) is 32.6 Å². The number of nitriles is 2. The summed E-state index contributed by atoms with van der Waals surface area (Å²) in [5.74, 6) is 0. The van der Waals surface area contributed by atoms with Crippen molar-refractivity contribution in [3.05, 3.63) is 187 Å². The first-order valence-electron chi connectivity index (χ1n) is 18.3. The molecule has 0 N–H and O–H groups in total. The third-order valence-corrected chi connectivity index (χ3v) is 11.0. The number of aromatic nitrogens is 3. The molecule has 5 nitrogen and oxygen atoms in total. The lowest BCUT2D eigenvalue weighted by Gasteiger charge is -2.14. The number of hydrogen-bond acceptors (Lipinski definition) is 2. The molecule has 3 heterocycles. The van der Waals surface area contributed by atoms with Crippen molar-refractivity contribution in [3.8, 4) is 40.3 Å². The second kappa shape index (κ2) is 11.8. The number of hydrogen-bond donors (Lipinski definition) is 0. The maximum Gasteiger partial charge on any atom is 0.0992 e. The summed E-state index contributed by atoms with van der Waals surface area (Å²) in [5.41, 5.74) is 12.7. The SMILES string of the molecule is N#Cc1cc(-c2cccc(-n3c4ccccc4c4c(-n5c6ccccc6c6ccccc65)cccc43)c2)cc(-n2c3ccccc3c3ccc(C#N)cc32)c1. The van der Waals surface area contributed by atoms with Crippen LogP contribution in [0.5, 0.6) is 0 Å². The predicted octanol–water partition coefficient (Wildman–Crippen LogP) is 12.4. The Kier molecular flexibility index (Phi) is 6.61. The largest absolute Gasteiger partial charge is 0.309 e. The van der Waals surface area contributed by atoms with Gasteiger partial charge in [-0.3, -0.25) is 0 Å². The Labute approximate surface area is 316 Å². The summed E-state index contributed by atoms with van der Waals surface area (Å²) < 4.78 is 6.93. The van der Waals surface area contributed by atoms with Crippen molar-refractivity contribution in [2.24, 2.45) is 0 Å². The van der Waals surface area contributed by atoms with Crippen LogP contribution >= 0.6 is 0 Å². The molecule has 55 heavy (non-hydrogen) atoms. The number of para-hydroxylation sites is 4. The summed E-state index contributed by atoms with van der Waals surface area (Å²) >= 11 is 0. The third kappa shape index (κ3) is 4.51. The molecule has 3 aromatic heterocycles. The van der Waals surface area contributed by atoms with Gasteiger partial charge in [0.15, 0.2) is 0 Å². The van der Waals surface area contributed by atoms with E-state index in [0.717, 1.165) is 61.0 Å². The van der Waals surface area contributed by atoms with Crippen LogP contribution < -0.4 is 0 Å². The minimum atomic E-state index is 0.563. The molecule has 0 radical (unpaired) electrons. The average molecular weight is 700 g/mol. The van der Waals surface area contributed by atoms with Crippen LogP contribution in [0.2, 0.25) is 0 Å². The zero-order valence-electron chi connectivity index (χ0n) is 29.5. The summed E-state index contributed by atoms with van der Waals surface area (Å²) in [6.45, 7) is 0. The van der Waals surface area contributed by atoms with Crippen LogP contribution in [0.1, 0.15) is 11.1 Å². The van der Waals surface area contributed by atoms with Gasteiger partial charge in [-0.2, -0.15) is 10.5 Å². The van der Waals surface area contributed by atoms with Crippen LogP contribution in [0.15, 0.2) is 176 Å². The zero-order valence-corrected chi connectivity index (χ0v) is 29.5. The van der Waals surface area contributed by atoms with Crippen LogP contribution in [0.25, 0.3) is 93.6 Å². The number of fused-ring (bicyclic) bond motifs is 9. The van der Waals surface area contributed by atoms with E-state index in [0.29, 0.717) is 11.1 Å². The Morgan fingerprint density at radius 1 is 0.327 bits per heavy atom. The summed E-state index contributed by atoms with van der Waals surface area (Å²) in [5, 5.41) is 27.1. The van der Waals surface area contributed by atoms with Gasteiger partial charge in [0, 0.05) is 43.7 Å². The Bertz CT molecular complexity index is 3420. The molecule has 0 aliphatic carbocycles. The van der Waals surface area contributed by atoms with Gasteiger partial charge in [0.2, 0.25) is 0 Å². The van der Waals surface area contributed by atoms with E-state index < -0.39 is 0 Å². The molecule has 0 aliphatic rings. The van der Waals surface area contributed by atoms with E-state index in [4.69, 9.17) is 0 Å².